The van der Waals surface area contributed by atoms with Crippen LogP contribution in [0.1, 0.15) is 77.2 Å². The summed E-state index contributed by atoms with van der Waals surface area (Å²) in [5.41, 5.74) is 2.30. The van der Waals surface area contributed by atoms with Crippen LogP contribution in [0.5, 0.6) is 5.75 Å². The zero-order chi connectivity index (χ0) is 22.8. The van der Waals surface area contributed by atoms with Crippen LogP contribution < -0.4 is 4.74 Å². The molecule has 1 saturated carbocycles. The monoisotopic (exact) mass is 438 g/mol. The number of carbonyl (C=O) groups excluding carboxylic acids is 1. The van der Waals surface area contributed by atoms with E-state index in [1.165, 1.54) is 19.3 Å². The van der Waals surface area contributed by atoms with Crippen LogP contribution in [0.4, 0.5) is 0 Å². The zero-order valence-electron chi connectivity index (χ0n) is 19.6. The number of unbranched alkanes of at least 4 members (excludes halogenated alkanes) is 3. The molecule has 2 aromatic carbocycles. The molecule has 0 atom stereocenters. The second-order valence-electron chi connectivity index (χ2n) is 8.98. The Labute approximate surface area is 193 Å². The predicted molar refractivity (Wildman–Crippen MR) is 129 cm³/mol. The van der Waals surface area contributed by atoms with Crippen LogP contribution in [-0.2, 0) is 15.1 Å². The Kier molecular flexibility index (Phi) is 9.16. The molecule has 0 aromatic heterocycles. The Hall–Kier alpha value is -2.33. The number of hydrogen-bond acceptors (Lipinski definition) is 4. The number of carbonyl (C=O) groups is 1. The van der Waals surface area contributed by atoms with Gasteiger partial charge in [-0.2, -0.15) is 0 Å². The summed E-state index contributed by atoms with van der Waals surface area (Å²) in [5.74, 6) is 0.705. The first-order valence-corrected chi connectivity index (χ1v) is 12.3. The average Bonchev–Trinajstić information content (AvgIpc) is 2.83. The van der Waals surface area contributed by atoms with E-state index in [0.29, 0.717) is 32.3 Å². The second-order valence-corrected chi connectivity index (χ2v) is 8.98. The van der Waals surface area contributed by atoms with Crippen molar-refractivity contribution >= 4 is 5.97 Å². The van der Waals surface area contributed by atoms with Crippen molar-refractivity contribution in [3.05, 3.63) is 54.1 Å². The topological polar surface area (TPSA) is 55.8 Å². The van der Waals surface area contributed by atoms with E-state index in [-0.39, 0.29) is 11.9 Å². The van der Waals surface area contributed by atoms with Crippen LogP contribution in [0.15, 0.2) is 48.5 Å². The van der Waals surface area contributed by atoms with Crippen LogP contribution in [0, 0.1) is 5.92 Å². The van der Waals surface area contributed by atoms with E-state index in [2.05, 4.69) is 31.2 Å². The Morgan fingerprint density at radius 2 is 1.50 bits per heavy atom. The summed E-state index contributed by atoms with van der Waals surface area (Å²) < 4.78 is 11.1. The van der Waals surface area contributed by atoms with Gasteiger partial charge in [0.1, 0.15) is 5.75 Å². The van der Waals surface area contributed by atoms with Crippen LogP contribution in [0.25, 0.3) is 11.1 Å². The third-order valence-electron chi connectivity index (χ3n) is 6.47. The molecule has 4 nitrogen and oxygen atoms in total. The minimum Gasteiger partial charge on any atom is -0.494 e. The molecule has 0 bridgehead atoms. The zero-order valence-corrected chi connectivity index (χ0v) is 19.6. The van der Waals surface area contributed by atoms with Crippen LogP contribution in [-0.4, -0.2) is 24.3 Å². The number of benzene rings is 2. The van der Waals surface area contributed by atoms with Gasteiger partial charge < -0.3 is 14.6 Å². The smallest absolute Gasteiger partial charge is 0.308 e. The van der Waals surface area contributed by atoms with Gasteiger partial charge >= 0.3 is 5.97 Å². The highest BCUT2D eigenvalue weighted by Gasteiger charge is 2.37. The van der Waals surface area contributed by atoms with Crippen molar-refractivity contribution in [2.24, 2.45) is 5.92 Å². The third-order valence-corrected chi connectivity index (χ3v) is 6.47. The molecular formula is C28H38O4. The fraction of sp³-hybridized carbons (Fsp3) is 0.536. The fourth-order valence-electron chi connectivity index (χ4n) is 4.38. The molecule has 0 amide bonds. The van der Waals surface area contributed by atoms with E-state index in [4.69, 9.17) is 9.47 Å². The van der Waals surface area contributed by atoms with E-state index in [1.807, 2.05) is 31.2 Å². The molecule has 1 fully saturated rings. The Morgan fingerprint density at radius 3 is 2.09 bits per heavy atom. The molecule has 3 rings (SSSR count). The van der Waals surface area contributed by atoms with E-state index in [0.717, 1.165) is 41.9 Å². The van der Waals surface area contributed by atoms with Crippen LogP contribution in [0.2, 0.25) is 0 Å². The molecule has 0 heterocycles. The van der Waals surface area contributed by atoms with Crippen molar-refractivity contribution in [1.82, 2.24) is 0 Å². The summed E-state index contributed by atoms with van der Waals surface area (Å²) in [6, 6.07) is 16.4. The predicted octanol–water partition coefficient (Wildman–Crippen LogP) is 6.64. The first-order chi connectivity index (χ1) is 15.6. The van der Waals surface area contributed by atoms with Crippen molar-refractivity contribution in [3.8, 4) is 16.9 Å². The maximum atomic E-state index is 12.1. The van der Waals surface area contributed by atoms with Gasteiger partial charge in [0.05, 0.1) is 24.7 Å². The normalized spacial score (nSPS) is 20.7. The van der Waals surface area contributed by atoms with Crippen molar-refractivity contribution in [3.63, 3.8) is 0 Å². The molecule has 0 unspecified atom stereocenters. The molecule has 2 aromatic rings. The number of aliphatic hydroxyl groups is 1. The van der Waals surface area contributed by atoms with Gasteiger partial charge in [-0.05, 0) is 67.3 Å². The number of rotatable bonds is 11. The van der Waals surface area contributed by atoms with Gasteiger partial charge in [-0.25, -0.2) is 0 Å². The third kappa shape index (κ3) is 6.59. The highest BCUT2D eigenvalue weighted by molar-refractivity contribution is 5.72. The SMILES string of the molecule is CCCCCCOc1ccc(-c2ccc(C3(O)CCC(C(=O)OCCC)CC3)cc2)cc1. The van der Waals surface area contributed by atoms with Crippen molar-refractivity contribution in [2.75, 3.05) is 13.2 Å². The van der Waals surface area contributed by atoms with Crippen molar-refractivity contribution < 1.29 is 19.4 Å². The largest absolute Gasteiger partial charge is 0.494 e. The van der Waals surface area contributed by atoms with E-state index in [9.17, 15) is 9.90 Å². The molecular weight excluding hydrogens is 400 g/mol. The Bertz CT molecular complexity index is 818. The number of esters is 1. The highest BCUT2D eigenvalue weighted by Crippen LogP contribution is 2.40. The first-order valence-electron chi connectivity index (χ1n) is 12.3. The molecule has 0 aliphatic heterocycles. The summed E-state index contributed by atoms with van der Waals surface area (Å²) in [4.78, 5) is 12.1. The summed E-state index contributed by atoms with van der Waals surface area (Å²) in [6.07, 6.45) is 8.16. The number of hydrogen-bond donors (Lipinski definition) is 1. The highest BCUT2D eigenvalue weighted by atomic mass is 16.5. The molecule has 4 heteroatoms. The van der Waals surface area contributed by atoms with Crippen LogP contribution in [0.3, 0.4) is 0 Å². The van der Waals surface area contributed by atoms with Gasteiger partial charge in [0.25, 0.3) is 0 Å². The summed E-state index contributed by atoms with van der Waals surface area (Å²) >= 11 is 0. The average molecular weight is 439 g/mol. The van der Waals surface area contributed by atoms with Crippen LogP contribution >= 0.6 is 0 Å². The lowest BCUT2D eigenvalue weighted by Crippen LogP contribution is -2.34. The minimum atomic E-state index is -0.866. The Morgan fingerprint density at radius 1 is 0.875 bits per heavy atom. The molecule has 32 heavy (non-hydrogen) atoms. The van der Waals surface area contributed by atoms with E-state index >= 15 is 0 Å². The maximum absolute atomic E-state index is 12.1. The molecule has 0 saturated heterocycles. The lowest BCUT2D eigenvalue weighted by atomic mass is 9.75. The van der Waals surface area contributed by atoms with E-state index in [1.54, 1.807) is 0 Å². The maximum Gasteiger partial charge on any atom is 0.308 e. The quantitative estimate of drug-likeness (QED) is 0.315. The molecule has 0 radical (unpaired) electrons. The van der Waals surface area contributed by atoms with Gasteiger partial charge in [0, 0.05) is 0 Å². The second kappa shape index (κ2) is 12.1. The molecule has 174 valence electrons. The lowest BCUT2D eigenvalue weighted by Gasteiger charge is -2.35. The minimum absolute atomic E-state index is 0.0894. The fourth-order valence-corrected chi connectivity index (χ4v) is 4.38. The number of ether oxygens (including phenoxy) is 2. The summed E-state index contributed by atoms with van der Waals surface area (Å²) in [7, 11) is 0. The molecule has 1 N–H and O–H groups in total. The Balaban J connectivity index is 1.54. The van der Waals surface area contributed by atoms with Gasteiger partial charge in [-0.1, -0.05) is 69.5 Å². The molecule has 1 aliphatic rings. The van der Waals surface area contributed by atoms with Crippen molar-refractivity contribution in [1.29, 1.82) is 0 Å². The van der Waals surface area contributed by atoms with Gasteiger partial charge in [-0.15, -0.1) is 0 Å². The summed E-state index contributed by atoms with van der Waals surface area (Å²) in [5, 5.41) is 11.2. The van der Waals surface area contributed by atoms with Gasteiger partial charge in [0.15, 0.2) is 0 Å². The molecule has 0 spiro atoms. The summed E-state index contributed by atoms with van der Waals surface area (Å²) in [6.45, 7) is 5.45. The van der Waals surface area contributed by atoms with Gasteiger partial charge in [-0.3, -0.25) is 4.79 Å². The standard InChI is InChI=1S/C28H38O4/c1-3-5-6-7-21-31-26-14-10-23(11-15-26)22-8-12-25(13-9-22)28(30)18-16-24(17-19-28)27(29)32-20-4-2/h8-15,24,30H,3-7,16-21H2,1-2H3. The van der Waals surface area contributed by atoms with Crippen molar-refractivity contribution in [2.45, 2.75) is 77.2 Å². The molecule has 1 aliphatic carbocycles. The first kappa shape index (κ1) is 24.3. The lowest BCUT2D eigenvalue weighted by molar-refractivity contribution is -0.151. The van der Waals surface area contributed by atoms with E-state index < -0.39 is 5.60 Å². The van der Waals surface area contributed by atoms with Gasteiger partial charge in [0.2, 0.25) is 0 Å².